The van der Waals surface area contributed by atoms with E-state index >= 15 is 0 Å². The minimum atomic E-state index is -2.79. The molecule has 4 heteroatoms. The number of alkyl halides is 2. The molecule has 1 aliphatic rings. The maximum atomic E-state index is 11.7. The first-order valence-corrected chi connectivity index (χ1v) is 2.49. The highest BCUT2D eigenvalue weighted by Gasteiger charge is 2.60. The number of rotatable bonds is 1. The highest BCUT2D eigenvalue weighted by molar-refractivity contribution is 6.64. The molecule has 0 bridgehead atoms. The topological polar surface area (TPSA) is 17.1 Å². The van der Waals surface area contributed by atoms with E-state index in [4.69, 9.17) is 11.6 Å². The van der Waals surface area contributed by atoms with Gasteiger partial charge in [-0.2, -0.15) is 0 Å². The van der Waals surface area contributed by atoms with Gasteiger partial charge in [0.25, 0.3) is 5.92 Å². The summed E-state index contributed by atoms with van der Waals surface area (Å²) in [4.78, 5) is 9.91. The van der Waals surface area contributed by atoms with Crippen LogP contribution in [0.5, 0.6) is 0 Å². The van der Waals surface area contributed by atoms with Crippen LogP contribution < -0.4 is 0 Å². The largest absolute Gasteiger partial charge is 0.281 e. The Balaban J connectivity index is 2.48. The summed E-state index contributed by atoms with van der Waals surface area (Å²) < 4.78 is 23.5. The number of carbonyl (C=O) groups is 1. The SMILES string of the molecule is O=C(Cl)[C@@H]1CC1(F)F. The van der Waals surface area contributed by atoms with Crippen molar-refractivity contribution in [3.05, 3.63) is 0 Å². The van der Waals surface area contributed by atoms with Crippen molar-refractivity contribution in [3.8, 4) is 0 Å². The number of halogens is 3. The molecular weight excluding hydrogens is 137 g/mol. The summed E-state index contributed by atoms with van der Waals surface area (Å²) in [6.45, 7) is 0. The Morgan fingerprint density at radius 2 is 2.12 bits per heavy atom. The Bertz CT molecular complexity index is 134. The number of hydrogen-bond acceptors (Lipinski definition) is 1. The van der Waals surface area contributed by atoms with E-state index in [1.807, 2.05) is 0 Å². The number of hydrogen-bond donors (Lipinski definition) is 0. The average Bonchev–Trinajstić information content (AvgIpc) is 2.13. The minimum Gasteiger partial charge on any atom is -0.281 e. The van der Waals surface area contributed by atoms with Gasteiger partial charge in [0.1, 0.15) is 5.92 Å². The summed E-state index contributed by atoms with van der Waals surface area (Å²) in [7, 11) is 0. The molecule has 1 atom stereocenters. The molecule has 1 rings (SSSR count). The second-order valence-electron chi connectivity index (χ2n) is 1.82. The molecular formula is C4H3ClF2O. The lowest BCUT2D eigenvalue weighted by Gasteiger charge is -1.85. The smallest absolute Gasteiger partial charge is 0.260 e. The van der Waals surface area contributed by atoms with Crippen LogP contribution in [0.15, 0.2) is 0 Å². The van der Waals surface area contributed by atoms with Crippen LogP contribution in [-0.2, 0) is 4.79 Å². The maximum absolute atomic E-state index is 11.7. The zero-order valence-electron chi connectivity index (χ0n) is 3.83. The molecule has 1 nitrogen and oxygen atoms in total. The molecule has 0 saturated heterocycles. The predicted molar refractivity (Wildman–Crippen MR) is 23.9 cm³/mol. The van der Waals surface area contributed by atoms with Crippen molar-refractivity contribution in [2.75, 3.05) is 0 Å². The van der Waals surface area contributed by atoms with Crippen molar-refractivity contribution >= 4 is 16.8 Å². The van der Waals surface area contributed by atoms with Crippen molar-refractivity contribution in [1.82, 2.24) is 0 Å². The molecule has 0 radical (unpaired) electrons. The van der Waals surface area contributed by atoms with Crippen molar-refractivity contribution < 1.29 is 13.6 Å². The Hall–Kier alpha value is -0.180. The van der Waals surface area contributed by atoms with E-state index in [0.717, 1.165) is 0 Å². The third kappa shape index (κ3) is 0.823. The zero-order chi connectivity index (χ0) is 6.36. The van der Waals surface area contributed by atoms with Crippen LogP contribution in [0, 0.1) is 5.92 Å². The third-order valence-corrected chi connectivity index (χ3v) is 1.36. The van der Waals surface area contributed by atoms with E-state index in [0.29, 0.717) is 0 Å². The van der Waals surface area contributed by atoms with Crippen molar-refractivity contribution in [2.45, 2.75) is 12.3 Å². The van der Waals surface area contributed by atoms with Gasteiger partial charge in [-0.3, -0.25) is 4.79 Å². The van der Waals surface area contributed by atoms with Gasteiger partial charge < -0.3 is 0 Å². The Labute approximate surface area is 49.6 Å². The average molecular weight is 141 g/mol. The predicted octanol–water partition coefficient (Wildman–Crippen LogP) is 1.41. The molecule has 0 unspecified atom stereocenters. The van der Waals surface area contributed by atoms with E-state index in [9.17, 15) is 13.6 Å². The molecule has 0 aromatic carbocycles. The van der Waals surface area contributed by atoms with Gasteiger partial charge in [-0.25, -0.2) is 8.78 Å². The lowest BCUT2D eigenvalue weighted by molar-refractivity contribution is -0.114. The first kappa shape index (κ1) is 5.95. The lowest BCUT2D eigenvalue weighted by Crippen LogP contribution is -1.99. The van der Waals surface area contributed by atoms with Crippen LogP contribution in [0.3, 0.4) is 0 Å². The van der Waals surface area contributed by atoms with Crippen LogP contribution in [-0.4, -0.2) is 11.2 Å². The van der Waals surface area contributed by atoms with Gasteiger partial charge in [-0.1, -0.05) is 0 Å². The van der Waals surface area contributed by atoms with Gasteiger partial charge >= 0.3 is 0 Å². The van der Waals surface area contributed by atoms with Gasteiger partial charge in [0.2, 0.25) is 5.24 Å². The molecule has 0 spiro atoms. The third-order valence-electron chi connectivity index (χ3n) is 1.10. The van der Waals surface area contributed by atoms with Crippen LogP contribution in [0.2, 0.25) is 0 Å². The Kier molecular flexibility index (Phi) is 1.05. The minimum absolute atomic E-state index is 0.366. The Morgan fingerprint density at radius 1 is 1.75 bits per heavy atom. The van der Waals surface area contributed by atoms with Crippen LogP contribution in [0.4, 0.5) is 8.78 Å². The highest BCUT2D eigenvalue weighted by atomic mass is 35.5. The van der Waals surface area contributed by atoms with Gasteiger partial charge in [0.15, 0.2) is 0 Å². The second kappa shape index (κ2) is 1.41. The van der Waals surface area contributed by atoms with E-state index in [1.54, 1.807) is 0 Å². The molecule has 8 heavy (non-hydrogen) atoms. The van der Waals surface area contributed by atoms with Crippen LogP contribution in [0.25, 0.3) is 0 Å². The molecule has 0 heterocycles. The van der Waals surface area contributed by atoms with Crippen molar-refractivity contribution in [3.63, 3.8) is 0 Å². The van der Waals surface area contributed by atoms with E-state index in [-0.39, 0.29) is 6.42 Å². The first-order chi connectivity index (χ1) is 3.54. The lowest BCUT2D eigenvalue weighted by atomic mass is 10.5. The fourth-order valence-corrected chi connectivity index (χ4v) is 0.696. The van der Waals surface area contributed by atoms with Gasteiger partial charge in [0.05, 0.1) is 0 Å². The second-order valence-corrected chi connectivity index (χ2v) is 2.19. The normalized spacial score (nSPS) is 32.1. The molecule has 0 aromatic heterocycles. The quantitative estimate of drug-likeness (QED) is 0.504. The molecule has 0 aliphatic heterocycles. The van der Waals surface area contributed by atoms with Gasteiger partial charge in [0, 0.05) is 6.42 Å². The first-order valence-electron chi connectivity index (χ1n) is 2.11. The molecule has 0 aromatic rings. The highest BCUT2D eigenvalue weighted by Crippen LogP contribution is 2.49. The summed E-state index contributed by atoms with van der Waals surface area (Å²) in [5, 5.41) is -0.921. The molecule has 0 N–H and O–H groups in total. The van der Waals surface area contributed by atoms with Crippen LogP contribution >= 0.6 is 11.6 Å². The van der Waals surface area contributed by atoms with E-state index in [2.05, 4.69) is 0 Å². The molecule has 46 valence electrons. The number of carbonyl (C=O) groups excluding carboxylic acids is 1. The summed E-state index contributed by atoms with van der Waals surface area (Å²) in [6, 6.07) is 0. The summed E-state index contributed by atoms with van der Waals surface area (Å²) >= 11 is 4.74. The fourth-order valence-electron chi connectivity index (χ4n) is 0.459. The summed E-state index contributed by atoms with van der Waals surface area (Å²) in [5.74, 6) is -3.98. The van der Waals surface area contributed by atoms with Gasteiger partial charge in [-0.05, 0) is 11.6 Å². The summed E-state index contributed by atoms with van der Waals surface area (Å²) in [5.41, 5.74) is 0. The van der Waals surface area contributed by atoms with Crippen LogP contribution in [0.1, 0.15) is 6.42 Å². The van der Waals surface area contributed by atoms with Crippen molar-refractivity contribution in [1.29, 1.82) is 0 Å². The van der Waals surface area contributed by atoms with E-state index < -0.39 is 17.1 Å². The molecule has 1 saturated carbocycles. The van der Waals surface area contributed by atoms with E-state index in [1.165, 1.54) is 0 Å². The summed E-state index contributed by atoms with van der Waals surface area (Å²) in [6.07, 6.45) is -0.366. The zero-order valence-corrected chi connectivity index (χ0v) is 4.58. The maximum Gasteiger partial charge on any atom is 0.260 e. The monoisotopic (exact) mass is 140 g/mol. The molecule has 1 aliphatic carbocycles. The van der Waals surface area contributed by atoms with Crippen molar-refractivity contribution in [2.24, 2.45) is 5.92 Å². The van der Waals surface area contributed by atoms with Gasteiger partial charge in [-0.15, -0.1) is 0 Å². The molecule has 1 fully saturated rings. The fraction of sp³-hybridized carbons (Fsp3) is 0.750. The standard InChI is InChI=1S/C4H3ClF2O/c5-3(8)2-1-4(2,6)7/h2H,1H2/t2-/m0/s1. The Morgan fingerprint density at radius 3 is 2.12 bits per heavy atom. The molecule has 0 amide bonds.